The Bertz CT molecular complexity index is 621. The van der Waals surface area contributed by atoms with Crippen LogP contribution in [0, 0.1) is 0 Å². The first-order valence-electron chi connectivity index (χ1n) is 5.61. The molecule has 0 heterocycles. The quantitative estimate of drug-likeness (QED) is 0.643. The number of rotatable bonds is 3. The monoisotopic (exact) mass is 318 g/mol. The topological polar surface area (TPSA) is 43.4 Å². The van der Waals surface area contributed by atoms with Crippen LogP contribution >= 0.6 is 15.9 Å². The molecule has 0 atom stereocenters. The van der Waals surface area contributed by atoms with Gasteiger partial charge in [-0.05, 0) is 18.2 Å². The van der Waals surface area contributed by atoms with Gasteiger partial charge < -0.3 is 4.74 Å². The van der Waals surface area contributed by atoms with E-state index in [1.54, 1.807) is 42.5 Å². The van der Waals surface area contributed by atoms with Crippen LogP contribution in [0.5, 0.6) is 0 Å². The van der Waals surface area contributed by atoms with Gasteiger partial charge in [0, 0.05) is 15.6 Å². The number of methoxy groups -OCH3 is 1. The second-order valence-electron chi connectivity index (χ2n) is 3.88. The van der Waals surface area contributed by atoms with Crippen LogP contribution in [0.2, 0.25) is 0 Å². The van der Waals surface area contributed by atoms with E-state index in [9.17, 15) is 9.59 Å². The van der Waals surface area contributed by atoms with Crippen molar-refractivity contribution in [1.29, 1.82) is 0 Å². The molecule has 2 rings (SSSR count). The van der Waals surface area contributed by atoms with Crippen LogP contribution in [0.3, 0.4) is 0 Å². The summed E-state index contributed by atoms with van der Waals surface area (Å²) in [7, 11) is 1.29. The maximum Gasteiger partial charge on any atom is 0.338 e. The summed E-state index contributed by atoms with van der Waals surface area (Å²) < 4.78 is 5.43. The van der Waals surface area contributed by atoms with Crippen LogP contribution in [0.4, 0.5) is 0 Å². The molecule has 2 aromatic carbocycles. The highest BCUT2D eigenvalue weighted by atomic mass is 79.9. The fraction of sp³-hybridized carbons (Fsp3) is 0.0667. The number of halogens is 1. The predicted molar refractivity (Wildman–Crippen MR) is 75.4 cm³/mol. The lowest BCUT2D eigenvalue weighted by Gasteiger charge is -2.07. The third-order valence-electron chi connectivity index (χ3n) is 2.67. The molecule has 19 heavy (non-hydrogen) atoms. The molecule has 0 amide bonds. The molecule has 0 saturated heterocycles. The van der Waals surface area contributed by atoms with E-state index < -0.39 is 5.97 Å². The predicted octanol–water partition coefficient (Wildman–Crippen LogP) is 3.47. The minimum Gasteiger partial charge on any atom is -0.465 e. The van der Waals surface area contributed by atoms with Gasteiger partial charge in [0.05, 0.1) is 12.7 Å². The maximum absolute atomic E-state index is 12.4. The van der Waals surface area contributed by atoms with Crippen molar-refractivity contribution in [3.8, 4) is 0 Å². The normalized spacial score (nSPS) is 10.0. The number of ketones is 1. The molecule has 2 aromatic rings. The fourth-order valence-corrected chi connectivity index (χ4v) is 2.10. The van der Waals surface area contributed by atoms with Crippen molar-refractivity contribution in [3.05, 3.63) is 69.7 Å². The zero-order valence-corrected chi connectivity index (χ0v) is 11.8. The molecule has 0 aromatic heterocycles. The summed E-state index contributed by atoms with van der Waals surface area (Å²) in [6.07, 6.45) is 0. The third-order valence-corrected chi connectivity index (χ3v) is 3.16. The summed E-state index contributed by atoms with van der Waals surface area (Å²) in [5.41, 5.74) is 1.12. The van der Waals surface area contributed by atoms with Crippen LogP contribution in [0.25, 0.3) is 0 Å². The molecular formula is C15H11BrO3. The number of hydrogen-bond acceptors (Lipinski definition) is 3. The van der Waals surface area contributed by atoms with Gasteiger partial charge in [0.1, 0.15) is 0 Å². The first-order valence-corrected chi connectivity index (χ1v) is 6.40. The van der Waals surface area contributed by atoms with E-state index >= 15 is 0 Å². The van der Waals surface area contributed by atoms with Crippen molar-refractivity contribution in [1.82, 2.24) is 0 Å². The molecule has 0 N–H and O–H groups in total. The Morgan fingerprint density at radius 3 is 2.32 bits per heavy atom. The summed E-state index contributed by atoms with van der Waals surface area (Å²) >= 11 is 3.30. The van der Waals surface area contributed by atoms with Crippen LogP contribution in [-0.2, 0) is 4.74 Å². The van der Waals surface area contributed by atoms with E-state index in [4.69, 9.17) is 4.74 Å². The molecule has 0 fully saturated rings. The van der Waals surface area contributed by atoms with Gasteiger partial charge in [-0.15, -0.1) is 0 Å². The summed E-state index contributed by atoms with van der Waals surface area (Å²) in [5, 5.41) is 0. The van der Waals surface area contributed by atoms with Crippen molar-refractivity contribution in [3.63, 3.8) is 0 Å². The minimum absolute atomic E-state index is 0.206. The summed E-state index contributed by atoms with van der Waals surface area (Å²) in [6.45, 7) is 0. The zero-order chi connectivity index (χ0) is 13.8. The van der Waals surface area contributed by atoms with Gasteiger partial charge in [0.25, 0.3) is 0 Å². The fourth-order valence-electron chi connectivity index (χ4n) is 1.74. The molecule has 0 saturated carbocycles. The van der Waals surface area contributed by atoms with E-state index in [0.29, 0.717) is 11.1 Å². The third kappa shape index (κ3) is 2.90. The van der Waals surface area contributed by atoms with Gasteiger partial charge in [-0.1, -0.05) is 46.3 Å². The average Bonchev–Trinajstić information content (AvgIpc) is 2.46. The van der Waals surface area contributed by atoms with Crippen molar-refractivity contribution in [2.24, 2.45) is 0 Å². The molecule has 0 spiro atoms. The zero-order valence-electron chi connectivity index (χ0n) is 10.2. The van der Waals surface area contributed by atoms with Crippen molar-refractivity contribution >= 4 is 27.7 Å². The molecule has 0 aliphatic carbocycles. The number of ether oxygens (including phenoxy) is 1. The van der Waals surface area contributed by atoms with Crippen molar-refractivity contribution < 1.29 is 14.3 Å². The van der Waals surface area contributed by atoms with Crippen molar-refractivity contribution in [2.75, 3.05) is 7.11 Å². The van der Waals surface area contributed by atoms with Gasteiger partial charge >= 0.3 is 5.97 Å². The minimum atomic E-state index is -0.521. The first-order chi connectivity index (χ1) is 9.13. The number of esters is 1. The largest absolute Gasteiger partial charge is 0.465 e. The highest BCUT2D eigenvalue weighted by Gasteiger charge is 2.19. The summed E-state index contributed by atoms with van der Waals surface area (Å²) in [6, 6.07) is 13.7. The molecule has 0 bridgehead atoms. The van der Waals surface area contributed by atoms with E-state index in [1.165, 1.54) is 7.11 Å². The van der Waals surface area contributed by atoms with Crippen molar-refractivity contribution in [2.45, 2.75) is 0 Å². The standard InChI is InChI=1S/C15H11BrO3/c1-19-15(18)12-8-7-11(16)9-13(12)14(17)10-5-3-2-4-6-10/h2-9H,1H3. The summed E-state index contributed by atoms with van der Waals surface area (Å²) in [4.78, 5) is 24.1. The van der Waals surface area contributed by atoms with Crippen LogP contribution in [0.1, 0.15) is 26.3 Å². The second kappa shape index (κ2) is 5.80. The highest BCUT2D eigenvalue weighted by Crippen LogP contribution is 2.20. The smallest absolute Gasteiger partial charge is 0.338 e. The van der Waals surface area contributed by atoms with Gasteiger partial charge in [0.2, 0.25) is 0 Å². The van der Waals surface area contributed by atoms with E-state index in [0.717, 1.165) is 4.47 Å². The van der Waals surface area contributed by atoms with E-state index in [-0.39, 0.29) is 11.3 Å². The first kappa shape index (κ1) is 13.5. The summed E-state index contributed by atoms with van der Waals surface area (Å²) in [5.74, 6) is -0.728. The van der Waals surface area contributed by atoms with Gasteiger partial charge in [-0.25, -0.2) is 4.79 Å². The SMILES string of the molecule is COC(=O)c1ccc(Br)cc1C(=O)c1ccccc1. The molecular weight excluding hydrogens is 308 g/mol. The Morgan fingerprint density at radius 1 is 1.00 bits per heavy atom. The van der Waals surface area contributed by atoms with Gasteiger partial charge in [-0.3, -0.25) is 4.79 Å². The van der Waals surface area contributed by atoms with E-state index in [2.05, 4.69) is 15.9 Å². The Kier molecular flexibility index (Phi) is 4.12. The molecule has 0 unspecified atom stereocenters. The highest BCUT2D eigenvalue weighted by molar-refractivity contribution is 9.10. The Labute approximate surface area is 119 Å². The lowest BCUT2D eigenvalue weighted by Crippen LogP contribution is -2.11. The number of carbonyl (C=O) groups is 2. The molecule has 0 radical (unpaired) electrons. The number of benzene rings is 2. The molecule has 4 heteroatoms. The maximum atomic E-state index is 12.4. The molecule has 3 nitrogen and oxygen atoms in total. The molecule has 0 aliphatic rings. The Morgan fingerprint density at radius 2 is 1.68 bits per heavy atom. The Hall–Kier alpha value is -1.94. The van der Waals surface area contributed by atoms with E-state index in [1.807, 2.05) is 6.07 Å². The second-order valence-corrected chi connectivity index (χ2v) is 4.79. The molecule has 0 aliphatic heterocycles. The lowest BCUT2D eigenvalue weighted by molar-refractivity contribution is 0.0597. The van der Waals surface area contributed by atoms with Crippen LogP contribution in [0.15, 0.2) is 53.0 Å². The number of carbonyl (C=O) groups excluding carboxylic acids is 2. The lowest BCUT2D eigenvalue weighted by atomic mass is 9.98. The number of hydrogen-bond donors (Lipinski definition) is 0. The van der Waals surface area contributed by atoms with Crippen LogP contribution < -0.4 is 0 Å². The van der Waals surface area contributed by atoms with Gasteiger partial charge in [0.15, 0.2) is 5.78 Å². The van der Waals surface area contributed by atoms with Crippen LogP contribution in [-0.4, -0.2) is 18.9 Å². The van der Waals surface area contributed by atoms with Gasteiger partial charge in [-0.2, -0.15) is 0 Å². The Balaban J connectivity index is 2.52. The molecule has 96 valence electrons. The average molecular weight is 319 g/mol.